The number of amides is 1. The molecule has 1 aromatic carbocycles. The van der Waals surface area contributed by atoms with E-state index in [1.807, 2.05) is 24.0 Å². The van der Waals surface area contributed by atoms with Gasteiger partial charge in [-0.3, -0.25) is 19.3 Å². The molecule has 0 radical (unpaired) electrons. The molecule has 33 heavy (non-hydrogen) atoms. The summed E-state index contributed by atoms with van der Waals surface area (Å²) in [5, 5.41) is 7.40. The number of nitrogens with two attached hydrogens (primary N) is 1. The van der Waals surface area contributed by atoms with Gasteiger partial charge in [0.15, 0.2) is 5.13 Å². The second-order valence-corrected chi connectivity index (χ2v) is 10.2. The number of benzene rings is 1. The van der Waals surface area contributed by atoms with Crippen molar-refractivity contribution in [3.05, 3.63) is 23.3 Å². The van der Waals surface area contributed by atoms with Gasteiger partial charge in [-0.1, -0.05) is 11.3 Å². The Morgan fingerprint density at radius 2 is 1.97 bits per heavy atom. The van der Waals surface area contributed by atoms with Crippen molar-refractivity contribution in [3.63, 3.8) is 0 Å². The fourth-order valence-electron chi connectivity index (χ4n) is 5.26. The van der Waals surface area contributed by atoms with Crippen LogP contribution < -0.4 is 5.73 Å². The van der Waals surface area contributed by atoms with Gasteiger partial charge in [-0.05, 0) is 63.4 Å². The molecule has 4 heterocycles. The second kappa shape index (κ2) is 9.64. The Bertz CT molecular complexity index is 1040. The van der Waals surface area contributed by atoms with E-state index in [4.69, 9.17) is 20.4 Å². The van der Waals surface area contributed by atoms with E-state index in [2.05, 4.69) is 9.88 Å². The van der Waals surface area contributed by atoms with E-state index in [0.29, 0.717) is 36.6 Å². The molecule has 178 valence electrons. The number of esters is 1. The van der Waals surface area contributed by atoms with Crippen LogP contribution >= 0.6 is 11.3 Å². The number of anilines is 1. The molecular formula is C23H30N4O5S. The number of carboxylic acid groups (broad SMARTS) is 1. The quantitative estimate of drug-likeness (QED) is 0.513. The van der Waals surface area contributed by atoms with Gasteiger partial charge in [-0.2, -0.15) is 0 Å². The molecule has 5 rings (SSSR count). The minimum absolute atomic E-state index is 0.000282. The fourth-order valence-corrected chi connectivity index (χ4v) is 6.11. The Labute approximate surface area is 196 Å². The number of carbonyl (C=O) groups excluding carboxylic acids is 2. The van der Waals surface area contributed by atoms with E-state index < -0.39 is 5.41 Å². The van der Waals surface area contributed by atoms with E-state index in [-0.39, 0.29) is 24.5 Å². The highest BCUT2D eigenvalue weighted by Gasteiger charge is 2.51. The van der Waals surface area contributed by atoms with Crippen molar-refractivity contribution in [3.8, 4) is 0 Å². The summed E-state index contributed by atoms with van der Waals surface area (Å²) in [7, 11) is 0. The summed E-state index contributed by atoms with van der Waals surface area (Å²) in [4.78, 5) is 42.8. The molecular weight excluding hydrogens is 444 g/mol. The Hall–Kier alpha value is -2.72. The van der Waals surface area contributed by atoms with E-state index in [9.17, 15) is 9.59 Å². The molecule has 3 N–H and O–H groups in total. The summed E-state index contributed by atoms with van der Waals surface area (Å²) in [5.74, 6) is -0.0435. The molecule has 1 unspecified atom stereocenters. The average molecular weight is 475 g/mol. The zero-order chi connectivity index (χ0) is 23.6. The van der Waals surface area contributed by atoms with Gasteiger partial charge in [-0.25, -0.2) is 4.98 Å². The van der Waals surface area contributed by atoms with Crippen LogP contribution in [-0.2, 0) is 14.3 Å². The predicted octanol–water partition coefficient (Wildman–Crippen LogP) is 2.52. The number of cyclic esters (lactones) is 1. The molecule has 10 heteroatoms. The van der Waals surface area contributed by atoms with Crippen LogP contribution in [0.25, 0.3) is 10.2 Å². The largest absolute Gasteiger partial charge is 0.483 e. The minimum atomic E-state index is -0.410. The SMILES string of the molecule is Cc1cc(C(=O)N2CCC3(CC2)CC(CN2CCCC2)OC3=O)cc2sc(N)nc12.O=CO. The van der Waals surface area contributed by atoms with Crippen LogP contribution in [-0.4, -0.2) is 77.1 Å². The lowest BCUT2D eigenvalue weighted by Gasteiger charge is -2.36. The van der Waals surface area contributed by atoms with Gasteiger partial charge in [0, 0.05) is 31.6 Å². The molecule has 1 amide bonds. The minimum Gasteiger partial charge on any atom is -0.483 e. The van der Waals surface area contributed by atoms with E-state index in [0.717, 1.165) is 41.8 Å². The van der Waals surface area contributed by atoms with Crippen LogP contribution in [0.3, 0.4) is 0 Å². The highest BCUT2D eigenvalue weighted by molar-refractivity contribution is 7.22. The smallest absolute Gasteiger partial charge is 0.312 e. The van der Waals surface area contributed by atoms with Crippen molar-refractivity contribution in [1.82, 2.24) is 14.8 Å². The number of nitrogen functional groups attached to an aromatic ring is 1. The van der Waals surface area contributed by atoms with Gasteiger partial charge in [-0.15, -0.1) is 0 Å². The first kappa shape index (κ1) is 23.4. The van der Waals surface area contributed by atoms with E-state index in [1.54, 1.807) is 0 Å². The lowest BCUT2D eigenvalue weighted by atomic mass is 9.76. The number of rotatable bonds is 3. The number of thiazole rings is 1. The molecule has 1 aromatic heterocycles. The van der Waals surface area contributed by atoms with Crippen molar-refractivity contribution < 1.29 is 24.2 Å². The molecule has 0 saturated carbocycles. The van der Waals surface area contributed by atoms with Crippen molar-refractivity contribution in [1.29, 1.82) is 0 Å². The summed E-state index contributed by atoms with van der Waals surface area (Å²) >= 11 is 1.40. The number of hydrogen-bond acceptors (Lipinski definition) is 8. The normalized spacial score (nSPS) is 22.3. The molecule has 1 atom stereocenters. The number of carbonyl (C=O) groups is 3. The van der Waals surface area contributed by atoms with Gasteiger partial charge in [0.05, 0.1) is 15.6 Å². The number of hydrogen-bond donors (Lipinski definition) is 2. The van der Waals surface area contributed by atoms with Crippen molar-refractivity contribution in [2.24, 2.45) is 5.41 Å². The number of nitrogens with zero attached hydrogens (tertiary/aromatic N) is 3. The molecule has 3 fully saturated rings. The van der Waals surface area contributed by atoms with Crippen LogP contribution in [0.5, 0.6) is 0 Å². The zero-order valence-corrected chi connectivity index (χ0v) is 19.6. The van der Waals surface area contributed by atoms with Crippen molar-refractivity contribution >= 4 is 45.0 Å². The lowest BCUT2D eigenvalue weighted by molar-refractivity contribution is -0.151. The number of ether oxygens (including phenoxy) is 1. The Morgan fingerprint density at radius 1 is 1.30 bits per heavy atom. The molecule has 0 bridgehead atoms. The van der Waals surface area contributed by atoms with Crippen molar-refractivity contribution in [2.45, 2.75) is 45.1 Å². The maximum Gasteiger partial charge on any atom is 0.312 e. The van der Waals surface area contributed by atoms with Crippen LogP contribution in [0.4, 0.5) is 5.13 Å². The van der Waals surface area contributed by atoms with Crippen LogP contribution in [0, 0.1) is 12.3 Å². The highest BCUT2D eigenvalue weighted by atomic mass is 32.1. The number of aryl methyl sites for hydroxylation is 1. The highest BCUT2D eigenvalue weighted by Crippen LogP contribution is 2.43. The molecule has 0 aliphatic carbocycles. The first-order valence-corrected chi connectivity index (χ1v) is 12.1. The third-order valence-corrected chi connectivity index (χ3v) is 7.77. The third-order valence-electron chi connectivity index (χ3n) is 6.94. The molecule has 1 spiro atoms. The molecule has 3 aliphatic rings. The second-order valence-electron chi connectivity index (χ2n) is 9.11. The Morgan fingerprint density at radius 3 is 2.64 bits per heavy atom. The van der Waals surface area contributed by atoms with Crippen molar-refractivity contribution in [2.75, 3.05) is 38.5 Å². The maximum absolute atomic E-state index is 13.1. The lowest BCUT2D eigenvalue weighted by Crippen LogP contribution is -2.45. The van der Waals surface area contributed by atoms with Gasteiger partial charge in [0.2, 0.25) is 0 Å². The number of fused-ring (bicyclic) bond motifs is 1. The standard InChI is InChI=1S/C22H28N4O3S.CH2O2/c1-14-10-15(11-17-18(14)24-21(23)30-17)19(27)26-8-4-22(5-9-26)12-16(29-20(22)28)13-25-6-2-3-7-25;2-1-3/h10-11,16H,2-9,12-13H2,1H3,(H2,23,24);1H,(H,2,3). The monoisotopic (exact) mass is 474 g/mol. The van der Waals surface area contributed by atoms with Crippen LogP contribution in [0.2, 0.25) is 0 Å². The number of piperidine rings is 1. The average Bonchev–Trinajstić information content (AvgIpc) is 3.49. The molecule has 3 aliphatic heterocycles. The first-order valence-electron chi connectivity index (χ1n) is 11.3. The number of aromatic nitrogens is 1. The summed E-state index contributed by atoms with van der Waals surface area (Å²) in [5.41, 5.74) is 7.92. The summed E-state index contributed by atoms with van der Waals surface area (Å²) in [6, 6.07) is 3.78. The topological polar surface area (TPSA) is 126 Å². The fraction of sp³-hybridized carbons (Fsp3) is 0.565. The van der Waals surface area contributed by atoms with Gasteiger partial charge < -0.3 is 20.5 Å². The third kappa shape index (κ3) is 4.81. The van der Waals surface area contributed by atoms with Gasteiger partial charge in [0.25, 0.3) is 12.4 Å². The zero-order valence-electron chi connectivity index (χ0n) is 18.8. The van der Waals surface area contributed by atoms with E-state index >= 15 is 0 Å². The Balaban J connectivity index is 0.000000821. The van der Waals surface area contributed by atoms with Crippen LogP contribution in [0.15, 0.2) is 12.1 Å². The molecule has 2 aromatic rings. The summed E-state index contributed by atoms with van der Waals surface area (Å²) < 4.78 is 6.70. The number of likely N-dealkylation sites (tertiary alicyclic amines) is 2. The predicted molar refractivity (Wildman–Crippen MR) is 125 cm³/mol. The van der Waals surface area contributed by atoms with Gasteiger partial charge in [0.1, 0.15) is 6.10 Å². The Kier molecular flexibility index (Phi) is 6.85. The van der Waals surface area contributed by atoms with Gasteiger partial charge >= 0.3 is 5.97 Å². The summed E-state index contributed by atoms with van der Waals surface area (Å²) in [6.45, 7) is 5.96. The summed E-state index contributed by atoms with van der Waals surface area (Å²) in [6.07, 6.45) is 4.63. The first-order chi connectivity index (χ1) is 15.8. The van der Waals surface area contributed by atoms with Crippen LogP contribution in [0.1, 0.15) is 48.0 Å². The molecule has 9 nitrogen and oxygen atoms in total. The maximum atomic E-state index is 13.1. The van der Waals surface area contributed by atoms with E-state index in [1.165, 1.54) is 24.2 Å². The molecule has 3 saturated heterocycles.